The summed E-state index contributed by atoms with van der Waals surface area (Å²) < 4.78 is 4.62. The van der Waals surface area contributed by atoms with E-state index < -0.39 is 6.04 Å². The summed E-state index contributed by atoms with van der Waals surface area (Å²) >= 11 is 0. The van der Waals surface area contributed by atoms with Crippen LogP contribution in [0.4, 0.5) is 0 Å². The van der Waals surface area contributed by atoms with E-state index in [4.69, 9.17) is 5.11 Å². The van der Waals surface area contributed by atoms with E-state index in [2.05, 4.69) is 10.1 Å². The number of carbonyl (C=O) groups excluding carboxylic acids is 1. The number of phenols is 1. The lowest BCUT2D eigenvalue weighted by atomic mass is 10.1. The lowest BCUT2D eigenvalue weighted by Crippen LogP contribution is -2.26. The lowest BCUT2D eigenvalue weighted by Gasteiger charge is -2.13. The van der Waals surface area contributed by atoms with E-state index in [1.165, 1.54) is 19.2 Å². The summed E-state index contributed by atoms with van der Waals surface area (Å²) in [6, 6.07) is 5.92. The first-order valence-electron chi connectivity index (χ1n) is 4.23. The van der Waals surface area contributed by atoms with Gasteiger partial charge in [-0.3, -0.25) is 0 Å². The SMILES string of the molecule is CN[C@@H](C(=O)OC)c1ccc(O)cc1. The van der Waals surface area contributed by atoms with E-state index in [1.54, 1.807) is 19.2 Å². The van der Waals surface area contributed by atoms with Gasteiger partial charge in [-0.15, -0.1) is 0 Å². The Morgan fingerprint density at radius 2 is 2.00 bits per heavy atom. The van der Waals surface area contributed by atoms with Gasteiger partial charge in [-0.25, -0.2) is 4.79 Å². The normalized spacial score (nSPS) is 12.1. The molecule has 1 aromatic carbocycles. The van der Waals surface area contributed by atoms with Crippen LogP contribution in [0.5, 0.6) is 5.75 Å². The molecule has 0 unspecified atom stereocenters. The van der Waals surface area contributed by atoms with Crippen molar-refractivity contribution >= 4 is 5.97 Å². The zero-order valence-electron chi connectivity index (χ0n) is 8.15. The van der Waals surface area contributed by atoms with Crippen LogP contribution >= 0.6 is 0 Å². The van der Waals surface area contributed by atoms with Crippen molar-refractivity contribution in [1.82, 2.24) is 5.32 Å². The predicted octanol–water partition coefficient (Wildman–Crippen LogP) is 0.826. The number of ether oxygens (including phenoxy) is 1. The Labute approximate surface area is 82.5 Å². The second kappa shape index (κ2) is 4.62. The molecule has 1 rings (SSSR count). The fourth-order valence-electron chi connectivity index (χ4n) is 1.21. The van der Waals surface area contributed by atoms with E-state index in [1.807, 2.05) is 0 Å². The van der Waals surface area contributed by atoms with E-state index in [0.717, 1.165) is 5.56 Å². The van der Waals surface area contributed by atoms with Crippen LogP contribution in [-0.4, -0.2) is 25.2 Å². The minimum absolute atomic E-state index is 0.175. The average Bonchev–Trinajstić information content (AvgIpc) is 2.21. The van der Waals surface area contributed by atoms with Crippen LogP contribution in [0.3, 0.4) is 0 Å². The van der Waals surface area contributed by atoms with Gasteiger partial charge in [-0.1, -0.05) is 12.1 Å². The minimum atomic E-state index is -0.486. The maximum absolute atomic E-state index is 11.3. The molecule has 0 aromatic heterocycles. The molecule has 0 radical (unpaired) electrons. The van der Waals surface area contributed by atoms with Crippen LogP contribution in [0.25, 0.3) is 0 Å². The fourth-order valence-corrected chi connectivity index (χ4v) is 1.21. The topological polar surface area (TPSA) is 58.6 Å². The molecule has 1 aromatic rings. The number of aromatic hydroxyl groups is 1. The van der Waals surface area contributed by atoms with Gasteiger partial charge in [0, 0.05) is 0 Å². The van der Waals surface area contributed by atoms with E-state index in [9.17, 15) is 4.79 Å². The Bertz CT molecular complexity index is 308. The molecule has 1 atom stereocenters. The van der Waals surface area contributed by atoms with Crippen molar-refractivity contribution in [2.24, 2.45) is 0 Å². The maximum Gasteiger partial charge on any atom is 0.327 e. The molecule has 0 spiro atoms. The van der Waals surface area contributed by atoms with E-state index >= 15 is 0 Å². The van der Waals surface area contributed by atoms with Crippen molar-refractivity contribution in [3.63, 3.8) is 0 Å². The van der Waals surface area contributed by atoms with Gasteiger partial charge in [-0.05, 0) is 24.7 Å². The highest BCUT2D eigenvalue weighted by atomic mass is 16.5. The third kappa shape index (κ3) is 2.23. The third-order valence-corrected chi connectivity index (χ3v) is 1.95. The number of methoxy groups -OCH3 is 1. The molecule has 0 heterocycles. The molecule has 0 saturated heterocycles. The van der Waals surface area contributed by atoms with Gasteiger partial charge in [-0.2, -0.15) is 0 Å². The fraction of sp³-hybridized carbons (Fsp3) is 0.300. The molecule has 0 bridgehead atoms. The molecule has 4 heteroatoms. The van der Waals surface area contributed by atoms with Crippen LogP contribution in [0.1, 0.15) is 11.6 Å². The van der Waals surface area contributed by atoms with Gasteiger partial charge in [0.25, 0.3) is 0 Å². The Morgan fingerprint density at radius 3 is 2.43 bits per heavy atom. The molecule has 0 fully saturated rings. The Kier molecular flexibility index (Phi) is 3.48. The average molecular weight is 195 g/mol. The Morgan fingerprint density at radius 1 is 1.43 bits per heavy atom. The number of phenolic OH excluding ortho intramolecular Hbond substituents is 1. The van der Waals surface area contributed by atoms with Gasteiger partial charge in [0.2, 0.25) is 0 Å². The van der Waals surface area contributed by atoms with Gasteiger partial charge in [0.15, 0.2) is 0 Å². The second-order valence-electron chi connectivity index (χ2n) is 2.84. The van der Waals surface area contributed by atoms with Crippen molar-refractivity contribution in [3.05, 3.63) is 29.8 Å². The number of hydrogen-bond donors (Lipinski definition) is 2. The van der Waals surface area contributed by atoms with Crippen molar-refractivity contribution in [2.45, 2.75) is 6.04 Å². The molecule has 0 aliphatic heterocycles. The monoisotopic (exact) mass is 195 g/mol. The van der Waals surface area contributed by atoms with Crippen LogP contribution < -0.4 is 5.32 Å². The molecular weight excluding hydrogens is 182 g/mol. The molecule has 0 amide bonds. The molecule has 0 aliphatic rings. The van der Waals surface area contributed by atoms with Crippen LogP contribution in [-0.2, 0) is 9.53 Å². The highest BCUT2D eigenvalue weighted by molar-refractivity contribution is 5.77. The first-order chi connectivity index (χ1) is 6.69. The molecular formula is C10H13NO3. The quantitative estimate of drug-likeness (QED) is 0.701. The van der Waals surface area contributed by atoms with Crippen LogP contribution in [0.15, 0.2) is 24.3 Å². The number of rotatable bonds is 3. The lowest BCUT2D eigenvalue weighted by molar-refractivity contribution is -0.143. The highest BCUT2D eigenvalue weighted by Crippen LogP contribution is 2.17. The zero-order chi connectivity index (χ0) is 10.6. The standard InChI is InChI=1S/C10H13NO3/c1-11-9(10(13)14-2)7-3-5-8(12)6-4-7/h3-6,9,11-12H,1-2H3/t9-/m1/s1. The Balaban J connectivity index is 2.89. The number of likely N-dealkylation sites (N-methyl/N-ethyl adjacent to an activating group) is 1. The smallest absolute Gasteiger partial charge is 0.327 e. The van der Waals surface area contributed by atoms with Crippen LogP contribution in [0, 0.1) is 0 Å². The summed E-state index contributed by atoms with van der Waals surface area (Å²) in [6.07, 6.45) is 0. The molecule has 76 valence electrons. The van der Waals surface area contributed by atoms with Crippen molar-refractivity contribution in [2.75, 3.05) is 14.2 Å². The van der Waals surface area contributed by atoms with Crippen LogP contribution in [0.2, 0.25) is 0 Å². The molecule has 2 N–H and O–H groups in total. The third-order valence-electron chi connectivity index (χ3n) is 1.95. The highest BCUT2D eigenvalue weighted by Gasteiger charge is 2.18. The minimum Gasteiger partial charge on any atom is -0.508 e. The van der Waals surface area contributed by atoms with Crippen molar-refractivity contribution in [3.8, 4) is 5.75 Å². The summed E-state index contributed by atoms with van der Waals surface area (Å²) in [5.74, 6) is -0.174. The molecule has 14 heavy (non-hydrogen) atoms. The number of hydrogen-bond acceptors (Lipinski definition) is 4. The Hall–Kier alpha value is -1.55. The van der Waals surface area contributed by atoms with Gasteiger partial charge < -0.3 is 15.2 Å². The maximum atomic E-state index is 11.3. The zero-order valence-corrected chi connectivity index (χ0v) is 8.15. The van der Waals surface area contributed by atoms with Gasteiger partial charge in [0.05, 0.1) is 7.11 Å². The first kappa shape index (κ1) is 10.5. The second-order valence-corrected chi connectivity index (χ2v) is 2.84. The molecule has 0 saturated carbocycles. The molecule has 4 nitrogen and oxygen atoms in total. The number of nitrogens with one attached hydrogen (secondary N) is 1. The number of carbonyl (C=O) groups is 1. The summed E-state index contributed by atoms with van der Waals surface area (Å²) in [4.78, 5) is 11.3. The number of esters is 1. The summed E-state index contributed by atoms with van der Waals surface area (Å²) in [7, 11) is 3.02. The van der Waals surface area contributed by atoms with Gasteiger partial charge >= 0.3 is 5.97 Å². The molecule has 0 aliphatic carbocycles. The summed E-state index contributed by atoms with van der Waals surface area (Å²) in [5, 5.41) is 11.9. The van der Waals surface area contributed by atoms with E-state index in [-0.39, 0.29) is 11.7 Å². The first-order valence-corrected chi connectivity index (χ1v) is 4.23. The largest absolute Gasteiger partial charge is 0.508 e. The number of benzene rings is 1. The summed E-state index contributed by atoms with van der Waals surface area (Å²) in [6.45, 7) is 0. The van der Waals surface area contributed by atoms with E-state index in [0.29, 0.717) is 0 Å². The summed E-state index contributed by atoms with van der Waals surface area (Å²) in [5.41, 5.74) is 0.761. The van der Waals surface area contributed by atoms with Crippen molar-refractivity contribution < 1.29 is 14.6 Å². The predicted molar refractivity (Wildman–Crippen MR) is 51.9 cm³/mol. The van der Waals surface area contributed by atoms with Gasteiger partial charge in [0.1, 0.15) is 11.8 Å². The van der Waals surface area contributed by atoms with Crippen molar-refractivity contribution in [1.29, 1.82) is 0 Å².